The predicted octanol–water partition coefficient (Wildman–Crippen LogP) is 4.25. The lowest BCUT2D eigenvalue weighted by Gasteiger charge is -2.12. The summed E-state index contributed by atoms with van der Waals surface area (Å²) in [6, 6.07) is 12.0. The molecule has 0 aliphatic heterocycles. The monoisotopic (exact) mass is 456 g/mol. The number of hydrogen-bond acceptors (Lipinski definition) is 7. The number of carbonyl (C=O) groups is 1. The van der Waals surface area contributed by atoms with Gasteiger partial charge in [-0.15, -0.1) is 0 Å². The van der Waals surface area contributed by atoms with E-state index in [-0.39, 0.29) is 12.4 Å². The van der Waals surface area contributed by atoms with Crippen LogP contribution in [0.1, 0.15) is 18.1 Å². The third kappa shape index (κ3) is 6.00. The molecular formula is C21H17BrN2O5. The standard InChI is InChI=1S/C21H17BrN2O5/c1-3-27-19-12-15(13-24)10-16(22)21(19)29-20(25)7-5-14-4-6-17(28-9-8-23)18(11-14)26-2/h4-7,10-12H,3,9H2,1-2H3/b7-5+. The average Bonchev–Trinajstić information content (AvgIpc) is 2.73. The Bertz CT molecular complexity index is 1010. The maximum Gasteiger partial charge on any atom is 0.336 e. The zero-order chi connectivity index (χ0) is 21.2. The van der Waals surface area contributed by atoms with E-state index >= 15 is 0 Å². The third-order valence-corrected chi connectivity index (χ3v) is 4.12. The first-order valence-corrected chi connectivity index (χ1v) is 9.25. The van der Waals surface area contributed by atoms with Crippen molar-refractivity contribution in [2.45, 2.75) is 6.92 Å². The first-order valence-electron chi connectivity index (χ1n) is 8.46. The van der Waals surface area contributed by atoms with Gasteiger partial charge < -0.3 is 18.9 Å². The fourth-order valence-electron chi connectivity index (χ4n) is 2.31. The van der Waals surface area contributed by atoms with E-state index in [0.717, 1.165) is 0 Å². The summed E-state index contributed by atoms with van der Waals surface area (Å²) >= 11 is 3.30. The van der Waals surface area contributed by atoms with E-state index in [4.69, 9.17) is 29.5 Å². The van der Waals surface area contributed by atoms with Crippen LogP contribution in [0.15, 0.2) is 40.9 Å². The molecule has 148 valence electrons. The molecule has 2 aromatic carbocycles. The van der Waals surface area contributed by atoms with Gasteiger partial charge in [-0.25, -0.2) is 4.79 Å². The van der Waals surface area contributed by atoms with Gasteiger partial charge in [0.2, 0.25) is 0 Å². The molecule has 0 aliphatic carbocycles. The molecular weight excluding hydrogens is 440 g/mol. The Labute approximate surface area is 176 Å². The number of rotatable bonds is 8. The minimum atomic E-state index is -0.625. The van der Waals surface area contributed by atoms with E-state index in [1.54, 1.807) is 37.3 Å². The van der Waals surface area contributed by atoms with Gasteiger partial charge in [0.1, 0.15) is 6.07 Å². The van der Waals surface area contributed by atoms with Crippen molar-refractivity contribution < 1.29 is 23.7 Å². The number of nitriles is 2. The van der Waals surface area contributed by atoms with Crippen LogP contribution in [-0.2, 0) is 4.79 Å². The molecule has 2 aromatic rings. The molecule has 0 aliphatic rings. The summed E-state index contributed by atoms with van der Waals surface area (Å²) in [7, 11) is 1.48. The molecule has 0 spiro atoms. The van der Waals surface area contributed by atoms with Gasteiger partial charge in [-0.1, -0.05) is 6.07 Å². The van der Waals surface area contributed by atoms with Gasteiger partial charge in [-0.3, -0.25) is 0 Å². The van der Waals surface area contributed by atoms with Crippen LogP contribution in [0.5, 0.6) is 23.0 Å². The second kappa shape index (κ2) is 10.7. The number of ether oxygens (including phenoxy) is 4. The van der Waals surface area contributed by atoms with Crippen LogP contribution in [0, 0.1) is 22.7 Å². The molecule has 2 rings (SSSR count). The zero-order valence-electron chi connectivity index (χ0n) is 15.8. The van der Waals surface area contributed by atoms with Gasteiger partial charge in [0.15, 0.2) is 29.6 Å². The lowest BCUT2D eigenvalue weighted by molar-refractivity contribution is -0.129. The van der Waals surface area contributed by atoms with Crippen molar-refractivity contribution in [3.8, 4) is 35.1 Å². The van der Waals surface area contributed by atoms with Crippen molar-refractivity contribution in [3.05, 3.63) is 52.0 Å². The van der Waals surface area contributed by atoms with Gasteiger partial charge in [-0.05, 0) is 52.7 Å². The van der Waals surface area contributed by atoms with E-state index in [1.165, 1.54) is 19.3 Å². The van der Waals surface area contributed by atoms with Crippen LogP contribution in [0.4, 0.5) is 0 Å². The van der Waals surface area contributed by atoms with Gasteiger partial charge in [0.25, 0.3) is 0 Å². The molecule has 0 amide bonds. The van der Waals surface area contributed by atoms with Crippen LogP contribution in [0.2, 0.25) is 0 Å². The second-order valence-electron chi connectivity index (χ2n) is 5.44. The fourth-order valence-corrected chi connectivity index (χ4v) is 2.83. The van der Waals surface area contributed by atoms with Crippen LogP contribution >= 0.6 is 15.9 Å². The zero-order valence-corrected chi connectivity index (χ0v) is 17.4. The molecule has 0 atom stereocenters. The first-order chi connectivity index (χ1) is 14.0. The third-order valence-electron chi connectivity index (χ3n) is 3.53. The van der Waals surface area contributed by atoms with Gasteiger partial charge >= 0.3 is 5.97 Å². The number of esters is 1. The van der Waals surface area contributed by atoms with Gasteiger partial charge in [-0.2, -0.15) is 10.5 Å². The lowest BCUT2D eigenvalue weighted by atomic mass is 10.2. The maximum atomic E-state index is 12.3. The summed E-state index contributed by atoms with van der Waals surface area (Å²) in [4.78, 5) is 12.3. The summed E-state index contributed by atoms with van der Waals surface area (Å²) < 4.78 is 21.8. The van der Waals surface area contributed by atoms with E-state index < -0.39 is 5.97 Å². The maximum absolute atomic E-state index is 12.3. The van der Waals surface area contributed by atoms with Crippen molar-refractivity contribution in [3.63, 3.8) is 0 Å². The molecule has 0 N–H and O–H groups in total. The van der Waals surface area contributed by atoms with Gasteiger partial charge in [0.05, 0.1) is 29.8 Å². The minimum Gasteiger partial charge on any atom is -0.493 e. The van der Waals surface area contributed by atoms with Gasteiger partial charge in [0, 0.05) is 12.1 Å². The number of halogens is 1. The van der Waals surface area contributed by atoms with E-state index in [2.05, 4.69) is 15.9 Å². The Morgan fingerprint density at radius 1 is 1.14 bits per heavy atom. The van der Waals surface area contributed by atoms with Crippen LogP contribution < -0.4 is 18.9 Å². The molecule has 0 saturated heterocycles. The summed E-state index contributed by atoms with van der Waals surface area (Å²) in [5.74, 6) is 0.722. The minimum absolute atomic E-state index is 0.0977. The molecule has 7 nitrogen and oxygen atoms in total. The average molecular weight is 457 g/mol. The van der Waals surface area contributed by atoms with Crippen molar-refractivity contribution >= 4 is 28.0 Å². The highest BCUT2D eigenvalue weighted by Crippen LogP contribution is 2.37. The fraction of sp³-hybridized carbons (Fsp3) is 0.190. The topological polar surface area (TPSA) is 102 Å². The summed E-state index contributed by atoms with van der Waals surface area (Å²) in [5, 5.41) is 17.7. The molecule has 8 heteroatoms. The van der Waals surface area contributed by atoms with Crippen LogP contribution in [0.25, 0.3) is 6.08 Å². The summed E-state index contributed by atoms with van der Waals surface area (Å²) in [6.07, 6.45) is 2.81. The highest BCUT2D eigenvalue weighted by molar-refractivity contribution is 9.10. The van der Waals surface area contributed by atoms with E-state index in [0.29, 0.717) is 39.5 Å². The molecule has 0 unspecified atom stereocenters. The Kier molecular flexibility index (Phi) is 8.08. The van der Waals surface area contributed by atoms with Crippen molar-refractivity contribution in [1.82, 2.24) is 0 Å². The predicted molar refractivity (Wildman–Crippen MR) is 109 cm³/mol. The number of benzene rings is 2. The van der Waals surface area contributed by atoms with E-state index in [1.807, 2.05) is 12.1 Å². The number of carbonyl (C=O) groups excluding carboxylic acids is 1. The second-order valence-corrected chi connectivity index (χ2v) is 6.30. The lowest BCUT2D eigenvalue weighted by Crippen LogP contribution is -2.07. The Morgan fingerprint density at radius 3 is 2.59 bits per heavy atom. The molecule has 0 heterocycles. The SMILES string of the molecule is CCOc1cc(C#N)cc(Br)c1OC(=O)/C=C/c1ccc(OCC#N)c(OC)c1. The Hall–Kier alpha value is -3.49. The smallest absolute Gasteiger partial charge is 0.336 e. The Morgan fingerprint density at radius 2 is 1.93 bits per heavy atom. The molecule has 0 bridgehead atoms. The van der Waals surface area contributed by atoms with Crippen molar-refractivity contribution in [2.24, 2.45) is 0 Å². The summed E-state index contributed by atoms with van der Waals surface area (Å²) in [5.41, 5.74) is 1.05. The number of methoxy groups -OCH3 is 1. The van der Waals surface area contributed by atoms with Crippen molar-refractivity contribution in [2.75, 3.05) is 20.3 Å². The molecule has 0 fully saturated rings. The van der Waals surface area contributed by atoms with Crippen molar-refractivity contribution in [1.29, 1.82) is 10.5 Å². The Balaban J connectivity index is 2.18. The first kappa shape index (κ1) is 21.8. The largest absolute Gasteiger partial charge is 0.493 e. The molecule has 0 saturated carbocycles. The molecule has 29 heavy (non-hydrogen) atoms. The molecule has 0 aromatic heterocycles. The number of hydrogen-bond donors (Lipinski definition) is 0. The normalized spacial score (nSPS) is 10.1. The highest BCUT2D eigenvalue weighted by Gasteiger charge is 2.15. The van der Waals surface area contributed by atoms with Crippen LogP contribution in [0.3, 0.4) is 0 Å². The highest BCUT2D eigenvalue weighted by atomic mass is 79.9. The quantitative estimate of drug-likeness (QED) is 0.332. The number of nitrogens with zero attached hydrogens (tertiary/aromatic N) is 2. The summed E-state index contributed by atoms with van der Waals surface area (Å²) in [6.45, 7) is 2.04. The van der Waals surface area contributed by atoms with Crippen LogP contribution in [-0.4, -0.2) is 26.3 Å². The van der Waals surface area contributed by atoms with E-state index in [9.17, 15) is 4.79 Å². The molecule has 0 radical (unpaired) electrons.